The second-order valence-corrected chi connectivity index (χ2v) is 5.05. The quantitative estimate of drug-likeness (QED) is 0.695. The van der Waals surface area contributed by atoms with Crippen molar-refractivity contribution in [1.29, 1.82) is 0 Å². The highest BCUT2D eigenvalue weighted by Crippen LogP contribution is 2.28. The molecular formula is C17H14N2O3. The normalized spacial score (nSPS) is 13.2. The molecule has 0 fully saturated rings. The number of anilines is 2. The van der Waals surface area contributed by atoms with Gasteiger partial charge in [-0.15, -0.1) is 0 Å². The Balaban J connectivity index is 1.75. The van der Waals surface area contributed by atoms with E-state index in [4.69, 9.17) is 0 Å². The van der Waals surface area contributed by atoms with Gasteiger partial charge in [0.2, 0.25) is 0 Å². The Morgan fingerprint density at radius 2 is 1.73 bits per heavy atom. The predicted octanol–water partition coefficient (Wildman–Crippen LogP) is 2.49. The summed E-state index contributed by atoms with van der Waals surface area (Å²) in [5.74, 6) is -1.01. The standard InChI is InChI=1S/C17H14N2O3/c1-11(20)12-6-8-13(9-7-12)18-10-19-15-5-3-2-4-14(15)16(21)17(19)22/h2-9,18H,10H2,1H3. The Bertz CT molecular complexity index is 766. The largest absolute Gasteiger partial charge is 0.367 e. The minimum atomic E-state index is -0.533. The summed E-state index contributed by atoms with van der Waals surface area (Å²) >= 11 is 0. The van der Waals surface area contributed by atoms with Crippen LogP contribution in [0.25, 0.3) is 0 Å². The molecule has 5 nitrogen and oxygen atoms in total. The molecule has 3 rings (SSSR count). The summed E-state index contributed by atoms with van der Waals surface area (Å²) in [5, 5.41) is 3.09. The molecule has 1 N–H and O–H groups in total. The molecule has 0 aliphatic carbocycles. The van der Waals surface area contributed by atoms with Crippen molar-refractivity contribution in [1.82, 2.24) is 0 Å². The molecule has 0 saturated carbocycles. The van der Waals surface area contributed by atoms with Gasteiger partial charge in [-0.2, -0.15) is 0 Å². The summed E-state index contributed by atoms with van der Waals surface area (Å²) in [6, 6.07) is 13.9. The van der Waals surface area contributed by atoms with E-state index < -0.39 is 11.7 Å². The molecule has 0 saturated heterocycles. The number of benzene rings is 2. The number of nitrogens with one attached hydrogen (secondary N) is 1. The summed E-state index contributed by atoms with van der Waals surface area (Å²) in [6.45, 7) is 1.70. The van der Waals surface area contributed by atoms with Crippen LogP contribution in [-0.2, 0) is 4.79 Å². The first kappa shape index (κ1) is 14.0. The molecule has 0 aromatic heterocycles. The lowest BCUT2D eigenvalue weighted by atomic mass is 10.1. The molecule has 1 aliphatic heterocycles. The Hall–Kier alpha value is -2.95. The molecule has 5 heteroatoms. The Morgan fingerprint density at radius 3 is 2.41 bits per heavy atom. The van der Waals surface area contributed by atoms with Crippen LogP contribution < -0.4 is 10.2 Å². The molecule has 0 bridgehead atoms. The van der Waals surface area contributed by atoms with Gasteiger partial charge in [-0.25, -0.2) is 0 Å². The van der Waals surface area contributed by atoms with Gasteiger partial charge in [0.1, 0.15) is 0 Å². The van der Waals surface area contributed by atoms with E-state index in [1.807, 2.05) is 0 Å². The average molecular weight is 294 g/mol. The number of carbonyl (C=O) groups is 3. The fourth-order valence-corrected chi connectivity index (χ4v) is 2.40. The maximum Gasteiger partial charge on any atom is 0.300 e. The van der Waals surface area contributed by atoms with Crippen LogP contribution in [0.5, 0.6) is 0 Å². The highest BCUT2D eigenvalue weighted by Gasteiger charge is 2.35. The number of ketones is 2. The van der Waals surface area contributed by atoms with Gasteiger partial charge in [-0.05, 0) is 43.3 Å². The van der Waals surface area contributed by atoms with E-state index >= 15 is 0 Å². The molecule has 1 aliphatic rings. The number of rotatable bonds is 4. The molecule has 110 valence electrons. The van der Waals surface area contributed by atoms with Crippen LogP contribution in [0, 0.1) is 0 Å². The SMILES string of the molecule is CC(=O)c1ccc(NCN2C(=O)C(=O)c3ccccc32)cc1. The third-order valence-corrected chi connectivity index (χ3v) is 3.61. The number of fused-ring (bicyclic) bond motifs is 1. The molecule has 1 amide bonds. The zero-order valence-electron chi connectivity index (χ0n) is 12.0. The van der Waals surface area contributed by atoms with Crippen molar-refractivity contribution < 1.29 is 14.4 Å². The summed E-state index contributed by atoms with van der Waals surface area (Å²) in [7, 11) is 0. The fraction of sp³-hybridized carbons (Fsp3) is 0.118. The van der Waals surface area contributed by atoms with Gasteiger partial charge < -0.3 is 5.32 Å². The Morgan fingerprint density at radius 1 is 1.05 bits per heavy atom. The minimum absolute atomic E-state index is 0.000736. The first-order chi connectivity index (χ1) is 10.6. The molecule has 22 heavy (non-hydrogen) atoms. The third-order valence-electron chi connectivity index (χ3n) is 3.61. The Kier molecular flexibility index (Phi) is 3.47. The monoisotopic (exact) mass is 294 g/mol. The smallest absolute Gasteiger partial charge is 0.300 e. The van der Waals surface area contributed by atoms with Gasteiger partial charge in [0.25, 0.3) is 5.78 Å². The first-order valence-corrected chi connectivity index (χ1v) is 6.88. The topological polar surface area (TPSA) is 66.5 Å². The van der Waals surface area contributed by atoms with Crippen LogP contribution >= 0.6 is 0 Å². The van der Waals surface area contributed by atoms with Crippen molar-refractivity contribution in [2.75, 3.05) is 16.9 Å². The van der Waals surface area contributed by atoms with Crippen LogP contribution in [-0.4, -0.2) is 24.1 Å². The second-order valence-electron chi connectivity index (χ2n) is 5.05. The lowest BCUT2D eigenvalue weighted by molar-refractivity contribution is -0.114. The zero-order valence-corrected chi connectivity index (χ0v) is 12.0. The van der Waals surface area contributed by atoms with Crippen LogP contribution in [0.2, 0.25) is 0 Å². The second kappa shape index (κ2) is 5.44. The van der Waals surface area contributed by atoms with E-state index in [-0.39, 0.29) is 12.5 Å². The third kappa shape index (κ3) is 2.37. The average Bonchev–Trinajstić information content (AvgIpc) is 2.78. The molecule has 0 atom stereocenters. The van der Waals surface area contributed by atoms with E-state index in [0.29, 0.717) is 16.8 Å². The lowest BCUT2D eigenvalue weighted by Crippen LogP contribution is -2.34. The fourth-order valence-electron chi connectivity index (χ4n) is 2.40. The number of amides is 1. The highest BCUT2D eigenvalue weighted by atomic mass is 16.2. The number of hydrogen-bond donors (Lipinski definition) is 1. The number of carbonyl (C=O) groups excluding carboxylic acids is 3. The van der Waals surface area contributed by atoms with Gasteiger partial charge in [0.15, 0.2) is 5.78 Å². The maximum absolute atomic E-state index is 12.0. The summed E-state index contributed by atoms with van der Waals surface area (Å²) in [6.07, 6.45) is 0. The molecule has 2 aromatic carbocycles. The predicted molar refractivity (Wildman–Crippen MR) is 83.2 cm³/mol. The summed E-state index contributed by atoms with van der Waals surface area (Å²) in [4.78, 5) is 36.5. The highest BCUT2D eigenvalue weighted by molar-refractivity contribution is 6.52. The molecule has 0 radical (unpaired) electrons. The maximum atomic E-state index is 12.0. The van der Waals surface area contributed by atoms with Crippen molar-refractivity contribution in [2.24, 2.45) is 0 Å². The van der Waals surface area contributed by atoms with Gasteiger partial charge in [-0.1, -0.05) is 12.1 Å². The van der Waals surface area contributed by atoms with Gasteiger partial charge in [0, 0.05) is 11.3 Å². The van der Waals surface area contributed by atoms with Crippen molar-refractivity contribution in [3.63, 3.8) is 0 Å². The van der Waals surface area contributed by atoms with E-state index in [0.717, 1.165) is 5.69 Å². The van der Waals surface area contributed by atoms with Gasteiger partial charge in [0.05, 0.1) is 17.9 Å². The van der Waals surface area contributed by atoms with E-state index in [1.165, 1.54) is 11.8 Å². The van der Waals surface area contributed by atoms with Crippen molar-refractivity contribution >= 4 is 28.8 Å². The van der Waals surface area contributed by atoms with Crippen molar-refractivity contribution in [3.05, 3.63) is 59.7 Å². The minimum Gasteiger partial charge on any atom is -0.367 e. The molecule has 2 aromatic rings. The number of para-hydroxylation sites is 1. The van der Waals surface area contributed by atoms with E-state index in [1.54, 1.807) is 48.5 Å². The molecular weight excluding hydrogens is 280 g/mol. The summed E-state index contributed by atoms with van der Waals surface area (Å²) < 4.78 is 0. The van der Waals surface area contributed by atoms with E-state index in [9.17, 15) is 14.4 Å². The lowest BCUT2D eigenvalue weighted by Gasteiger charge is -2.18. The molecule has 0 unspecified atom stereocenters. The van der Waals surface area contributed by atoms with Gasteiger partial charge >= 0.3 is 5.91 Å². The van der Waals surface area contributed by atoms with E-state index in [2.05, 4.69) is 5.32 Å². The van der Waals surface area contributed by atoms with Crippen molar-refractivity contribution in [3.8, 4) is 0 Å². The van der Waals surface area contributed by atoms with Crippen LogP contribution in [0.3, 0.4) is 0 Å². The van der Waals surface area contributed by atoms with Gasteiger partial charge in [-0.3, -0.25) is 19.3 Å². The zero-order chi connectivity index (χ0) is 15.7. The Labute approximate surface area is 127 Å². The first-order valence-electron chi connectivity index (χ1n) is 6.88. The number of hydrogen-bond acceptors (Lipinski definition) is 4. The van der Waals surface area contributed by atoms with Crippen LogP contribution in [0.1, 0.15) is 27.6 Å². The summed E-state index contributed by atoms with van der Waals surface area (Å²) in [5.41, 5.74) is 2.45. The molecule has 0 spiro atoms. The van der Waals surface area contributed by atoms with Crippen LogP contribution in [0.15, 0.2) is 48.5 Å². The molecule has 1 heterocycles. The van der Waals surface area contributed by atoms with Crippen LogP contribution in [0.4, 0.5) is 11.4 Å². The number of Topliss-reactive ketones (excluding diaryl/α,β-unsaturated/α-hetero) is 2. The van der Waals surface area contributed by atoms with Crippen molar-refractivity contribution in [2.45, 2.75) is 6.92 Å². The number of nitrogens with zero attached hydrogens (tertiary/aromatic N) is 1.